The first kappa shape index (κ1) is 35.5. The van der Waals surface area contributed by atoms with Gasteiger partial charge in [-0.05, 0) is 110 Å². The van der Waals surface area contributed by atoms with E-state index < -0.39 is 0 Å². The van der Waals surface area contributed by atoms with Crippen LogP contribution in [-0.2, 0) is 0 Å². The number of likely N-dealkylation sites (tertiary alicyclic amines) is 1. The van der Waals surface area contributed by atoms with Crippen LogP contribution in [0.5, 0.6) is 5.75 Å². The second-order valence-electron chi connectivity index (χ2n) is 12.2. The molecule has 1 saturated heterocycles. The number of carbonyl (C=O) groups excluding carboxylic acids is 1. The molecule has 0 aromatic heterocycles. The number of allylic oxidation sites excluding steroid dienone is 4. The standard InChI is InChI=1S/C38H48N2O2.C2H5N/c1-6-7-8-11-31-12-9-14-34(27-31)38(41)40(35-21-24-39(25-22-35)23-20-29(2)3)28-32-13-10-15-37(30(4)26-32)33-16-18-36(42-5)19-17-33;1-2-3/h9,12-19,26-27,29,35H,6-7,10,20-25,28H2,1-5H3;2H,1,3H2. The summed E-state index contributed by atoms with van der Waals surface area (Å²) >= 11 is 0. The third-order valence-corrected chi connectivity index (χ3v) is 8.28. The molecule has 5 heteroatoms. The normalized spacial score (nSPS) is 15.3. The van der Waals surface area contributed by atoms with E-state index in [4.69, 9.17) is 4.74 Å². The van der Waals surface area contributed by atoms with Crippen molar-refractivity contribution in [3.8, 4) is 17.6 Å². The number of nitrogens with zero attached hydrogens (tertiary/aromatic N) is 2. The minimum absolute atomic E-state index is 0.106. The molecule has 1 aliphatic carbocycles. The van der Waals surface area contributed by atoms with Crippen LogP contribution in [0.2, 0.25) is 0 Å². The van der Waals surface area contributed by atoms with E-state index in [1.54, 1.807) is 7.11 Å². The molecular formula is C40H53N3O2. The summed E-state index contributed by atoms with van der Waals surface area (Å²) in [7, 11) is 1.69. The first-order chi connectivity index (χ1) is 21.8. The zero-order chi connectivity index (χ0) is 32.6. The van der Waals surface area contributed by atoms with Gasteiger partial charge in [0.1, 0.15) is 5.75 Å². The molecule has 0 atom stereocenters. The third kappa shape index (κ3) is 11.1. The van der Waals surface area contributed by atoms with Crippen molar-refractivity contribution in [1.29, 1.82) is 0 Å². The minimum Gasteiger partial charge on any atom is -0.497 e. The van der Waals surface area contributed by atoms with E-state index in [2.05, 4.69) is 92.0 Å². The van der Waals surface area contributed by atoms with Gasteiger partial charge in [-0.3, -0.25) is 4.79 Å². The van der Waals surface area contributed by atoms with Crippen molar-refractivity contribution in [3.05, 3.63) is 107 Å². The lowest BCUT2D eigenvalue weighted by atomic mass is 9.97. The number of ether oxygens (including phenoxy) is 1. The van der Waals surface area contributed by atoms with Gasteiger partial charge in [0.25, 0.3) is 5.91 Å². The Hall–Kier alpha value is -4.01. The Labute approximate surface area is 272 Å². The minimum atomic E-state index is 0.106. The fourth-order valence-corrected chi connectivity index (χ4v) is 5.77. The highest BCUT2D eigenvalue weighted by Crippen LogP contribution is 2.30. The van der Waals surface area contributed by atoms with E-state index in [9.17, 15) is 4.79 Å². The van der Waals surface area contributed by atoms with Gasteiger partial charge < -0.3 is 20.3 Å². The van der Waals surface area contributed by atoms with Crippen LogP contribution in [0.3, 0.4) is 0 Å². The molecule has 0 bridgehead atoms. The lowest BCUT2D eigenvalue weighted by molar-refractivity contribution is 0.0596. The van der Waals surface area contributed by atoms with Gasteiger partial charge >= 0.3 is 0 Å². The second-order valence-corrected chi connectivity index (χ2v) is 12.2. The maximum Gasteiger partial charge on any atom is 0.254 e. The molecule has 5 nitrogen and oxygen atoms in total. The Morgan fingerprint density at radius 2 is 1.87 bits per heavy atom. The molecule has 0 spiro atoms. The van der Waals surface area contributed by atoms with Gasteiger partial charge in [0, 0.05) is 43.2 Å². The van der Waals surface area contributed by atoms with Crippen molar-refractivity contribution >= 4 is 11.5 Å². The average Bonchev–Trinajstić information content (AvgIpc) is 3.23. The summed E-state index contributed by atoms with van der Waals surface area (Å²) in [5, 5.41) is 0. The van der Waals surface area contributed by atoms with Crippen LogP contribution >= 0.6 is 0 Å². The molecule has 2 aromatic carbocycles. The summed E-state index contributed by atoms with van der Waals surface area (Å²) in [4.78, 5) is 18.9. The van der Waals surface area contributed by atoms with Gasteiger partial charge in [-0.1, -0.05) is 75.6 Å². The fourth-order valence-electron chi connectivity index (χ4n) is 5.77. The predicted molar refractivity (Wildman–Crippen MR) is 190 cm³/mol. The van der Waals surface area contributed by atoms with Crippen LogP contribution in [0, 0.1) is 17.8 Å². The van der Waals surface area contributed by atoms with Gasteiger partial charge in [-0.15, -0.1) is 0 Å². The first-order valence-corrected chi connectivity index (χ1v) is 16.5. The van der Waals surface area contributed by atoms with Crippen LogP contribution in [0.4, 0.5) is 0 Å². The highest BCUT2D eigenvalue weighted by atomic mass is 16.5. The molecule has 4 rings (SSSR count). The lowest BCUT2D eigenvalue weighted by Crippen LogP contribution is -2.48. The lowest BCUT2D eigenvalue weighted by Gasteiger charge is -2.39. The molecule has 1 aliphatic heterocycles. The molecule has 0 unspecified atom stereocenters. The largest absolute Gasteiger partial charge is 0.497 e. The second kappa shape index (κ2) is 18.7. The van der Waals surface area contributed by atoms with E-state index in [0.717, 1.165) is 68.6 Å². The van der Waals surface area contributed by atoms with Crippen molar-refractivity contribution < 1.29 is 9.53 Å². The number of hydrogen-bond donors (Lipinski definition) is 1. The zero-order valence-corrected chi connectivity index (χ0v) is 28.1. The number of hydrogen-bond acceptors (Lipinski definition) is 4. The van der Waals surface area contributed by atoms with Gasteiger partial charge in [0.05, 0.1) is 7.11 Å². The van der Waals surface area contributed by atoms with Gasteiger partial charge in [-0.2, -0.15) is 0 Å². The van der Waals surface area contributed by atoms with Crippen LogP contribution in [0.15, 0.2) is 90.7 Å². The molecule has 1 fully saturated rings. The summed E-state index contributed by atoms with van der Waals surface area (Å²) in [6, 6.07) is 16.4. The number of amides is 1. The third-order valence-electron chi connectivity index (χ3n) is 8.28. The van der Waals surface area contributed by atoms with Crippen LogP contribution in [0.25, 0.3) is 5.57 Å². The monoisotopic (exact) mass is 607 g/mol. The Bertz CT molecular complexity index is 1400. The van der Waals surface area contributed by atoms with Crippen molar-refractivity contribution in [2.24, 2.45) is 11.7 Å². The van der Waals surface area contributed by atoms with E-state index in [1.807, 2.05) is 36.4 Å². The zero-order valence-electron chi connectivity index (χ0n) is 28.1. The predicted octanol–water partition coefficient (Wildman–Crippen LogP) is 8.25. The SMILES string of the molecule is C=CN.CCCC#Cc1cccc(C(=O)N(CC2=CCC=C(c3ccc(OC)cc3)C(C)=C2)C2CCN(CCC(C)C)CC2)c1. The first-order valence-electron chi connectivity index (χ1n) is 16.5. The highest BCUT2D eigenvalue weighted by molar-refractivity contribution is 5.95. The number of carbonyl (C=O) groups is 1. The van der Waals surface area contributed by atoms with E-state index in [0.29, 0.717) is 12.5 Å². The fraction of sp³-hybridized carbons (Fsp3) is 0.425. The van der Waals surface area contributed by atoms with Crippen LogP contribution in [-0.4, -0.2) is 55.0 Å². The summed E-state index contributed by atoms with van der Waals surface area (Å²) in [6.07, 6.45) is 14.1. The van der Waals surface area contributed by atoms with E-state index >= 15 is 0 Å². The van der Waals surface area contributed by atoms with Gasteiger partial charge in [0.2, 0.25) is 0 Å². The van der Waals surface area contributed by atoms with Crippen molar-refractivity contribution in [3.63, 3.8) is 0 Å². The number of nitrogens with two attached hydrogens (primary N) is 1. The summed E-state index contributed by atoms with van der Waals surface area (Å²) < 4.78 is 5.36. The Kier molecular flexibility index (Phi) is 14.8. The molecule has 240 valence electrons. The Morgan fingerprint density at radius 1 is 1.16 bits per heavy atom. The average molecular weight is 608 g/mol. The topological polar surface area (TPSA) is 58.8 Å². The molecule has 1 heterocycles. The Balaban J connectivity index is 0.00000177. The molecule has 45 heavy (non-hydrogen) atoms. The highest BCUT2D eigenvalue weighted by Gasteiger charge is 2.29. The molecule has 1 amide bonds. The van der Waals surface area contributed by atoms with Crippen LogP contribution in [0.1, 0.15) is 87.7 Å². The van der Waals surface area contributed by atoms with Crippen LogP contribution < -0.4 is 10.5 Å². The maximum absolute atomic E-state index is 14.2. The molecular weight excluding hydrogens is 554 g/mol. The van der Waals surface area contributed by atoms with Crippen molar-refractivity contribution in [1.82, 2.24) is 9.80 Å². The number of rotatable bonds is 10. The summed E-state index contributed by atoms with van der Waals surface area (Å²) in [6.45, 7) is 15.9. The molecule has 0 radical (unpaired) electrons. The molecule has 0 saturated carbocycles. The van der Waals surface area contributed by atoms with E-state index in [-0.39, 0.29) is 11.9 Å². The van der Waals surface area contributed by atoms with E-state index in [1.165, 1.54) is 34.9 Å². The quantitative estimate of drug-likeness (QED) is 0.276. The molecule has 2 aromatic rings. The molecule has 2 aliphatic rings. The molecule has 2 N–H and O–H groups in total. The number of methoxy groups -OCH3 is 1. The van der Waals surface area contributed by atoms with Crippen molar-refractivity contribution in [2.45, 2.75) is 72.3 Å². The summed E-state index contributed by atoms with van der Waals surface area (Å²) in [5.74, 6) is 8.15. The number of benzene rings is 2. The smallest absolute Gasteiger partial charge is 0.254 e. The summed E-state index contributed by atoms with van der Waals surface area (Å²) in [5.41, 5.74) is 11.1. The Morgan fingerprint density at radius 3 is 2.51 bits per heavy atom. The number of piperidine rings is 1. The van der Waals surface area contributed by atoms with Gasteiger partial charge in [-0.25, -0.2) is 0 Å². The van der Waals surface area contributed by atoms with Crippen molar-refractivity contribution in [2.75, 3.05) is 33.3 Å². The maximum atomic E-state index is 14.2. The number of unbranched alkanes of at least 4 members (excludes halogenated alkanes) is 1. The van der Waals surface area contributed by atoms with Gasteiger partial charge in [0.15, 0.2) is 0 Å².